The molecule has 0 saturated carbocycles. The molecule has 3 rings (SSSR count). The first-order chi connectivity index (χ1) is 12.2. The van der Waals surface area contributed by atoms with Crippen molar-refractivity contribution in [3.8, 4) is 5.75 Å². The van der Waals surface area contributed by atoms with E-state index in [0.717, 1.165) is 37.6 Å². The van der Waals surface area contributed by atoms with Gasteiger partial charge in [-0.05, 0) is 19.1 Å². The van der Waals surface area contributed by atoms with E-state index in [4.69, 9.17) is 4.74 Å². The highest BCUT2D eigenvalue weighted by Crippen LogP contribution is 2.28. The Balaban J connectivity index is 1.52. The molecular weight excluding hydrogens is 320 g/mol. The van der Waals surface area contributed by atoms with Gasteiger partial charge in [-0.3, -0.25) is 14.5 Å². The number of piperazine rings is 2. The molecule has 0 aliphatic carbocycles. The highest BCUT2D eigenvalue weighted by Gasteiger charge is 2.25. The zero-order chi connectivity index (χ0) is 17.6. The van der Waals surface area contributed by atoms with Crippen LogP contribution in [0.3, 0.4) is 0 Å². The Morgan fingerprint density at radius 2 is 1.92 bits per heavy atom. The average molecular weight is 346 g/mol. The molecule has 1 aromatic rings. The molecule has 136 valence electrons. The second kappa shape index (κ2) is 8.20. The maximum absolute atomic E-state index is 12.4. The molecular formula is C18H26N4O3. The standard InChI is InChI=1S/C18H26N4O3/c1-2-25-16-6-4-3-5-15(16)21-11-9-20(10-12-21)14-18(24)22-8-7-19-17(23)13-22/h3-6H,2,7-14H2,1H3,(H,19,23). The molecule has 2 amide bonds. The van der Waals surface area contributed by atoms with Gasteiger partial charge in [-0.1, -0.05) is 12.1 Å². The number of hydrogen-bond acceptors (Lipinski definition) is 5. The molecule has 7 nitrogen and oxygen atoms in total. The van der Waals surface area contributed by atoms with E-state index in [2.05, 4.69) is 21.2 Å². The first-order valence-electron chi connectivity index (χ1n) is 8.91. The Morgan fingerprint density at radius 1 is 1.16 bits per heavy atom. The van der Waals surface area contributed by atoms with Gasteiger partial charge in [0.25, 0.3) is 0 Å². The van der Waals surface area contributed by atoms with Gasteiger partial charge in [0.2, 0.25) is 11.8 Å². The van der Waals surface area contributed by atoms with Gasteiger partial charge in [0.05, 0.1) is 25.4 Å². The van der Waals surface area contributed by atoms with Crippen molar-refractivity contribution in [2.45, 2.75) is 6.92 Å². The van der Waals surface area contributed by atoms with Crippen molar-refractivity contribution in [3.63, 3.8) is 0 Å². The van der Waals surface area contributed by atoms with Crippen molar-refractivity contribution < 1.29 is 14.3 Å². The van der Waals surface area contributed by atoms with Crippen LogP contribution in [0.4, 0.5) is 5.69 Å². The second-order valence-corrected chi connectivity index (χ2v) is 6.33. The minimum atomic E-state index is -0.0723. The van der Waals surface area contributed by atoms with Crippen LogP contribution in [0.25, 0.3) is 0 Å². The van der Waals surface area contributed by atoms with Gasteiger partial charge >= 0.3 is 0 Å². The highest BCUT2D eigenvalue weighted by molar-refractivity contribution is 5.86. The van der Waals surface area contributed by atoms with Crippen LogP contribution in [0.1, 0.15) is 6.92 Å². The topological polar surface area (TPSA) is 65.1 Å². The van der Waals surface area contributed by atoms with Crippen molar-refractivity contribution in [2.24, 2.45) is 0 Å². The molecule has 0 unspecified atom stereocenters. The smallest absolute Gasteiger partial charge is 0.239 e. The summed E-state index contributed by atoms with van der Waals surface area (Å²) in [6.45, 7) is 7.72. The lowest BCUT2D eigenvalue weighted by atomic mass is 10.2. The molecule has 25 heavy (non-hydrogen) atoms. The lowest BCUT2D eigenvalue weighted by Gasteiger charge is -2.37. The van der Waals surface area contributed by atoms with Crippen LogP contribution < -0.4 is 15.0 Å². The SMILES string of the molecule is CCOc1ccccc1N1CCN(CC(=O)N2CCNC(=O)C2)CC1. The van der Waals surface area contributed by atoms with Crippen LogP contribution in [0.5, 0.6) is 5.75 Å². The van der Waals surface area contributed by atoms with Crippen molar-refractivity contribution in [2.75, 3.05) is 63.9 Å². The first-order valence-corrected chi connectivity index (χ1v) is 8.91. The summed E-state index contributed by atoms with van der Waals surface area (Å²) in [6.07, 6.45) is 0. The van der Waals surface area contributed by atoms with Crippen LogP contribution in [-0.4, -0.2) is 80.6 Å². The lowest BCUT2D eigenvalue weighted by molar-refractivity contribution is -0.139. The Bertz CT molecular complexity index is 614. The molecule has 0 bridgehead atoms. The number of ether oxygens (including phenoxy) is 1. The monoisotopic (exact) mass is 346 g/mol. The summed E-state index contributed by atoms with van der Waals surface area (Å²) in [5.41, 5.74) is 1.11. The molecule has 0 spiro atoms. The van der Waals surface area contributed by atoms with Gasteiger partial charge in [0.1, 0.15) is 5.75 Å². The van der Waals surface area contributed by atoms with Crippen LogP contribution in [0.2, 0.25) is 0 Å². The summed E-state index contributed by atoms with van der Waals surface area (Å²) in [6, 6.07) is 8.08. The zero-order valence-electron chi connectivity index (χ0n) is 14.7. The fourth-order valence-electron chi connectivity index (χ4n) is 3.29. The van der Waals surface area contributed by atoms with E-state index >= 15 is 0 Å². The van der Waals surface area contributed by atoms with Gasteiger partial charge in [-0.25, -0.2) is 0 Å². The number of benzene rings is 1. The van der Waals surface area contributed by atoms with Crippen LogP contribution in [0, 0.1) is 0 Å². The number of amides is 2. The summed E-state index contributed by atoms with van der Waals surface area (Å²) >= 11 is 0. The number of hydrogen-bond donors (Lipinski definition) is 1. The van der Waals surface area contributed by atoms with Gasteiger partial charge in [0.15, 0.2) is 0 Å². The molecule has 1 N–H and O–H groups in total. The van der Waals surface area contributed by atoms with Gasteiger partial charge in [0, 0.05) is 39.3 Å². The number of anilines is 1. The van der Waals surface area contributed by atoms with Crippen molar-refractivity contribution in [1.82, 2.24) is 15.1 Å². The van der Waals surface area contributed by atoms with Crippen LogP contribution in [0.15, 0.2) is 24.3 Å². The van der Waals surface area contributed by atoms with E-state index in [1.807, 2.05) is 25.1 Å². The maximum Gasteiger partial charge on any atom is 0.239 e. The van der Waals surface area contributed by atoms with E-state index in [1.54, 1.807) is 4.90 Å². The van der Waals surface area contributed by atoms with E-state index in [1.165, 1.54) is 0 Å². The van der Waals surface area contributed by atoms with Crippen molar-refractivity contribution in [3.05, 3.63) is 24.3 Å². The fourth-order valence-corrected chi connectivity index (χ4v) is 3.29. The number of rotatable bonds is 5. The number of nitrogens with one attached hydrogen (secondary N) is 1. The number of para-hydroxylation sites is 2. The number of carbonyl (C=O) groups is 2. The van der Waals surface area contributed by atoms with Crippen LogP contribution in [-0.2, 0) is 9.59 Å². The summed E-state index contributed by atoms with van der Waals surface area (Å²) < 4.78 is 5.72. The van der Waals surface area contributed by atoms with Crippen molar-refractivity contribution >= 4 is 17.5 Å². The average Bonchev–Trinajstić information content (AvgIpc) is 2.63. The third kappa shape index (κ3) is 4.42. The Morgan fingerprint density at radius 3 is 2.64 bits per heavy atom. The zero-order valence-corrected chi connectivity index (χ0v) is 14.7. The molecule has 0 aromatic heterocycles. The van der Waals surface area contributed by atoms with Gasteiger partial charge in [-0.2, -0.15) is 0 Å². The molecule has 0 radical (unpaired) electrons. The summed E-state index contributed by atoms with van der Waals surface area (Å²) in [5, 5.41) is 2.75. The molecule has 2 saturated heterocycles. The molecule has 7 heteroatoms. The summed E-state index contributed by atoms with van der Waals surface area (Å²) in [7, 11) is 0. The quantitative estimate of drug-likeness (QED) is 0.823. The fraction of sp³-hybridized carbons (Fsp3) is 0.556. The lowest BCUT2D eigenvalue weighted by Crippen LogP contribution is -2.54. The molecule has 0 atom stereocenters. The highest BCUT2D eigenvalue weighted by atomic mass is 16.5. The van der Waals surface area contributed by atoms with E-state index < -0.39 is 0 Å². The van der Waals surface area contributed by atoms with Gasteiger partial charge in [-0.15, -0.1) is 0 Å². The predicted octanol–water partition coefficient (Wildman–Crippen LogP) is 0.166. The van der Waals surface area contributed by atoms with Gasteiger partial charge < -0.3 is 19.9 Å². The normalized spacial score (nSPS) is 18.8. The largest absolute Gasteiger partial charge is 0.492 e. The Kier molecular flexibility index (Phi) is 5.75. The third-order valence-electron chi connectivity index (χ3n) is 4.63. The predicted molar refractivity (Wildman–Crippen MR) is 95.9 cm³/mol. The summed E-state index contributed by atoms with van der Waals surface area (Å²) in [4.78, 5) is 29.9. The molecule has 2 heterocycles. The second-order valence-electron chi connectivity index (χ2n) is 6.33. The van der Waals surface area contributed by atoms with Crippen molar-refractivity contribution in [1.29, 1.82) is 0 Å². The Labute approximate surface area is 148 Å². The molecule has 2 fully saturated rings. The van der Waals surface area contributed by atoms with Crippen LogP contribution >= 0.6 is 0 Å². The minimum Gasteiger partial charge on any atom is -0.492 e. The van der Waals surface area contributed by atoms with E-state index in [0.29, 0.717) is 26.2 Å². The third-order valence-corrected chi connectivity index (χ3v) is 4.63. The Hall–Kier alpha value is -2.28. The molecule has 1 aromatic carbocycles. The first kappa shape index (κ1) is 17.5. The minimum absolute atomic E-state index is 0.0398. The van der Waals surface area contributed by atoms with E-state index in [-0.39, 0.29) is 18.4 Å². The number of carbonyl (C=O) groups excluding carboxylic acids is 2. The maximum atomic E-state index is 12.4. The molecule has 2 aliphatic heterocycles. The molecule has 2 aliphatic rings. The number of nitrogens with zero attached hydrogens (tertiary/aromatic N) is 3. The van der Waals surface area contributed by atoms with E-state index in [9.17, 15) is 9.59 Å². The summed E-state index contributed by atoms with van der Waals surface area (Å²) in [5.74, 6) is 0.879.